The topological polar surface area (TPSA) is 15.7 Å². The third kappa shape index (κ3) is 7.61. The van der Waals surface area contributed by atoms with Crippen molar-refractivity contribution in [3.05, 3.63) is 0 Å². The van der Waals surface area contributed by atoms with Crippen LogP contribution in [0.2, 0.25) is 0 Å². The Morgan fingerprint density at radius 1 is 0.964 bits per heavy atom. The van der Waals surface area contributed by atoms with Gasteiger partial charge in [-0.25, -0.2) is 0 Å². The lowest BCUT2D eigenvalue weighted by molar-refractivity contribution is -0.0324. The van der Waals surface area contributed by atoms with Gasteiger partial charge in [0.2, 0.25) is 0 Å². The Hall–Kier alpha value is -0.120. The van der Waals surface area contributed by atoms with Crippen LogP contribution < -0.4 is 0 Å². The van der Waals surface area contributed by atoms with Crippen molar-refractivity contribution in [3.8, 4) is 0 Å². The van der Waals surface area contributed by atoms with Gasteiger partial charge in [-0.1, -0.05) is 33.1 Å². The Labute approximate surface area is 176 Å². The molecule has 0 N–H and O–H groups in total. The highest BCUT2D eigenvalue weighted by Gasteiger charge is 2.31. The molecule has 2 aliphatic rings. The van der Waals surface area contributed by atoms with Crippen LogP contribution in [0.4, 0.5) is 0 Å². The molecule has 1 aliphatic heterocycles. The first-order valence-corrected chi connectivity index (χ1v) is 12.5. The van der Waals surface area contributed by atoms with Gasteiger partial charge < -0.3 is 4.74 Å². The van der Waals surface area contributed by atoms with Gasteiger partial charge in [0.1, 0.15) is 0 Å². The molecule has 1 saturated heterocycles. The standard InChI is InChI=1S/C25H50N2O/c1-7-10-22(4)28-24-14-12-23(13-15-24)11-9-16-25(5,6)27-19-17-26(18-20-27)21(3)8-2/h21-24H,7-20H2,1-6H3/t21?,22?,23-,24-. The maximum absolute atomic E-state index is 6.24. The van der Waals surface area contributed by atoms with E-state index in [9.17, 15) is 0 Å². The SMILES string of the molecule is CCCC(C)O[C@H]1CC[C@H](CCCC(C)(C)N2CCN(C(C)CC)CC2)CC1. The minimum Gasteiger partial charge on any atom is -0.375 e. The summed E-state index contributed by atoms with van der Waals surface area (Å²) < 4.78 is 6.24. The highest BCUT2D eigenvalue weighted by Crippen LogP contribution is 2.32. The summed E-state index contributed by atoms with van der Waals surface area (Å²) in [6.07, 6.45) is 14.2. The zero-order valence-corrected chi connectivity index (χ0v) is 20.0. The summed E-state index contributed by atoms with van der Waals surface area (Å²) in [4.78, 5) is 5.43. The molecule has 0 aromatic heterocycles. The molecule has 0 spiro atoms. The molecular weight excluding hydrogens is 344 g/mol. The van der Waals surface area contributed by atoms with Crippen molar-refractivity contribution in [3.63, 3.8) is 0 Å². The van der Waals surface area contributed by atoms with Gasteiger partial charge in [0.15, 0.2) is 0 Å². The molecule has 1 aliphatic carbocycles. The van der Waals surface area contributed by atoms with E-state index in [4.69, 9.17) is 4.74 Å². The minimum absolute atomic E-state index is 0.359. The number of rotatable bonds is 11. The maximum Gasteiger partial charge on any atom is 0.0579 e. The fourth-order valence-corrected chi connectivity index (χ4v) is 5.37. The first-order valence-electron chi connectivity index (χ1n) is 12.5. The molecule has 28 heavy (non-hydrogen) atoms. The molecule has 1 saturated carbocycles. The number of nitrogens with zero attached hydrogens (tertiary/aromatic N) is 2. The van der Waals surface area contributed by atoms with E-state index in [2.05, 4.69) is 51.3 Å². The van der Waals surface area contributed by atoms with Gasteiger partial charge in [-0.15, -0.1) is 0 Å². The summed E-state index contributed by atoms with van der Waals surface area (Å²) in [7, 11) is 0. The van der Waals surface area contributed by atoms with Crippen LogP contribution in [0.1, 0.15) is 106 Å². The number of ether oxygens (including phenoxy) is 1. The van der Waals surface area contributed by atoms with E-state index in [1.54, 1.807) is 0 Å². The van der Waals surface area contributed by atoms with E-state index in [0.29, 0.717) is 17.7 Å². The van der Waals surface area contributed by atoms with Crippen LogP contribution in [-0.4, -0.2) is 59.8 Å². The van der Waals surface area contributed by atoms with Crippen LogP contribution in [0.3, 0.4) is 0 Å². The molecule has 166 valence electrons. The van der Waals surface area contributed by atoms with E-state index in [-0.39, 0.29) is 0 Å². The zero-order valence-electron chi connectivity index (χ0n) is 20.0. The first kappa shape index (κ1) is 24.2. The first-order chi connectivity index (χ1) is 13.4. The Bertz CT molecular complexity index is 409. The van der Waals surface area contributed by atoms with Gasteiger partial charge in [-0.3, -0.25) is 9.80 Å². The quantitative estimate of drug-likeness (QED) is 0.420. The predicted octanol–water partition coefficient (Wildman–Crippen LogP) is 6.12. The van der Waals surface area contributed by atoms with Crippen LogP contribution in [0, 0.1) is 5.92 Å². The Balaban J connectivity index is 1.62. The van der Waals surface area contributed by atoms with Gasteiger partial charge in [-0.2, -0.15) is 0 Å². The van der Waals surface area contributed by atoms with Crippen molar-refractivity contribution in [2.45, 2.75) is 130 Å². The van der Waals surface area contributed by atoms with E-state index in [0.717, 1.165) is 12.0 Å². The molecule has 1 heterocycles. The molecule has 2 unspecified atom stereocenters. The fraction of sp³-hybridized carbons (Fsp3) is 1.00. The van der Waals surface area contributed by atoms with Gasteiger partial charge in [0.25, 0.3) is 0 Å². The Morgan fingerprint density at radius 2 is 1.61 bits per heavy atom. The third-order valence-corrected chi connectivity index (χ3v) is 7.70. The molecule has 0 bridgehead atoms. The van der Waals surface area contributed by atoms with E-state index < -0.39 is 0 Å². The molecule has 0 radical (unpaired) electrons. The summed E-state index contributed by atoms with van der Waals surface area (Å²) in [5, 5.41) is 0. The molecule has 0 aromatic rings. The second kappa shape index (κ2) is 11.9. The lowest BCUT2D eigenvalue weighted by Gasteiger charge is -2.46. The Morgan fingerprint density at radius 3 is 2.18 bits per heavy atom. The highest BCUT2D eigenvalue weighted by molar-refractivity contribution is 4.87. The number of hydrogen-bond acceptors (Lipinski definition) is 3. The molecule has 3 nitrogen and oxygen atoms in total. The minimum atomic E-state index is 0.359. The highest BCUT2D eigenvalue weighted by atomic mass is 16.5. The third-order valence-electron chi connectivity index (χ3n) is 7.70. The Kier molecular flexibility index (Phi) is 10.3. The lowest BCUT2D eigenvalue weighted by Crippen LogP contribution is -2.56. The van der Waals surface area contributed by atoms with E-state index >= 15 is 0 Å². The van der Waals surface area contributed by atoms with Gasteiger partial charge in [0.05, 0.1) is 12.2 Å². The fourth-order valence-electron chi connectivity index (χ4n) is 5.37. The number of hydrogen-bond donors (Lipinski definition) is 0. The molecule has 2 rings (SSSR count). The van der Waals surface area contributed by atoms with Crippen LogP contribution >= 0.6 is 0 Å². The lowest BCUT2D eigenvalue weighted by atomic mass is 9.82. The number of piperazine rings is 1. The summed E-state index contributed by atoms with van der Waals surface area (Å²) in [5.74, 6) is 0.944. The second-order valence-corrected chi connectivity index (χ2v) is 10.4. The largest absolute Gasteiger partial charge is 0.375 e. The van der Waals surface area contributed by atoms with Crippen molar-refractivity contribution < 1.29 is 4.74 Å². The smallest absolute Gasteiger partial charge is 0.0579 e. The van der Waals surface area contributed by atoms with Gasteiger partial charge in [-0.05, 0) is 78.6 Å². The van der Waals surface area contributed by atoms with Crippen molar-refractivity contribution >= 4 is 0 Å². The van der Waals surface area contributed by atoms with Crippen LogP contribution in [0.15, 0.2) is 0 Å². The normalized spacial score (nSPS) is 27.6. The summed E-state index contributed by atoms with van der Waals surface area (Å²) in [6.45, 7) is 19.1. The van der Waals surface area contributed by atoms with Crippen molar-refractivity contribution in [1.29, 1.82) is 0 Å². The van der Waals surface area contributed by atoms with Crippen LogP contribution in [0.5, 0.6) is 0 Å². The van der Waals surface area contributed by atoms with E-state index in [1.165, 1.54) is 90.4 Å². The van der Waals surface area contributed by atoms with Crippen LogP contribution in [0.25, 0.3) is 0 Å². The summed E-state index contributed by atoms with van der Waals surface area (Å²) in [6, 6.07) is 0.745. The monoisotopic (exact) mass is 394 g/mol. The molecule has 2 atom stereocenters. The maximum atomic E-state index is 6.24. The van der Waals surface area contributed by atoms with Crippen molar-refractivity contribution in [2.75, 3.05) is 26.2 Å². The van der Waals surface area contributed by atoms with Gasteiger partial charge in [0, 0.05) is 37.8 Å². The molecule has 0 aromatic carbocycles. The van der Waals surface area contributed by atoms with E-state index in [1.807, 2.05) is 0 Å². The average Bonchev–Trinajstić information content (AvgIpc) is 2.69. The van der Waals surface area contributed by atoms with Crippen molar-refractivity contribution in [2.24, 2.45) is 5.92 Å². The molecule has 2 fully saturated rings. The average molecular weight is 395 g/mol. The zero-order chi connectivity index (χ0) is 20.6. The van der Waals surface area contributed by atoms with Crippen molar-refractivity contribution in [1.82, 2.24) is 9.80 Å². The summed E-state index contributed by atoms with van der Waals surface area (Å²) >= 11 is 0. The molecule has 0 amide bonds. The predicted molar refractivity (Wildman–Crippen MR) is 122 cm³/mol. The second-order valence-electron chi connectivity index (χ2n) is 10.4. The molecular formula is C25H50N2O. The molecule has 3 heteroatoms. The van der Waals surface area contributed by atoms with Gasteiger partial charge >= 0.3 is 0 Å². The van der Waals surface area contributed by atoms with Crippen LogP contribution in [-0.2, 0) is 4.74 Å². The summed E-state index contributed by atoms with van der Waals surface area (Å²) in [5.41, 5.74) is 0.359.